The van der Waals surface area contributed by atoms with Gasteiger partial charge in [-0.1, -0.05) is 43.7 Å². The van der Waals surface area contributed by atoms with Crippen LogP contribution in [-0.2, 0) is 11.2 Å². The lowest BCUT2D eigenvalue weighted by Gasteiger charge is -2.18. The normalized spacial score (nSPS) is 12.2. The van der Waals surface area contributed by atoms with Gasteiger partial charge in [0, 0.05) is 36.0 Å². The first-order valence-electron chi connectivity index (χ1n) is 11.7. The van der Waals surface area contributed by atoms with Crippen LogP contribution >= 0.6 is 11.3 Å². The molecule has 4 rings (SSSR count). The number of ether oxygens (including phenoxy) is 1. The van der Waals surface area contributed by atoms with Crippen molar-refractivity contribution in [3.05, 3.63) is 76.3 Å². The number of carbonyl (C=O) groups excluding carboxylic acids is 1. The van der Waals surface area contributed by atoms with Crippen LogP contribution in [0.1, 0.15) is 73.6 Å². The van der Waals surface area contributed by atoms with Gasteiger partial charge < -0.3 is 9.72 Å². The van der Waals surface area contributed by atoms with E-state index in [0.29, 0.717) is 18.6 Å². The molecule has 2 heterocycles. The molecule has 4 aromatic rings. The minimum atomic E-state index is -0.163. The minimum absolute atomic E-state index is 0.163. The Morgan fingerprint density at radius 1 is 1.09 bits per heavy atom. The Balaban J connectivity index is 1.46. The predicted molar refractivity (Wildman–Crippen MR) is 134 cm³/mol. The summed E-state index contributed by atoms with van der Waals surface area (Å²) in [5.74, 6) is 2.04. The third-order valence-corrected chi connectivity index (χ3v) is 6.90. The van der Waals surface area contributed by atoms with Crippen LogP contribution in [0, 0.1) is 6.92 Å². The molecular formula is C27H31N3O2S. The Kier molecular flexibility index (Phi) is 7.89. The van der Waals surface area contributed by atoms with E-state index in [1.54, 1.807) is 11.3 Å². The number of unbranched alkanes of at least 4 members (excludes halogenated alkanes) is 2. The lowest BCUT2D eigenvalue weighted by Crippen LogP contribution is -2.10. The van der Waals surface area contributed by atoms with E-state index in [-0.39, 0.29) is 6.10 Å². The fourth-order valence-corrected chi connectivity index (χ4v) is 4.76. The van der Waals surface area contributed by atoms with Crippen molar-refractivity contribution >= 4 is 27.9 Å². The zero-order chi connectivity index (χ0) is 23.0. The van der Waals surface area contributed by atoms with E-state index in [4.69, 9.17) is 4.74 Å². The maximum atomic E-state index is 11.6. The average molecular weight is 462 g/mol. The fraction of sp³-hybridized carbons (Fsp3) is 0.370. The zero-order valence-corrected chi connectivity index (χ0v) is 20.2. The van der Waals surface area contributed by atoms with Crippen molar-refractivity contribution in [2.45, 2.75) is 64.9 Å². The number of carbonyl (C=O) groups is 1. The van der Waals surface area contributed by atoms with E-state index in [1.807, 2.05) is 43.8 Å². The van der Waals surface area contributed by atoms with Gasteiger partial charge in [0.05, 0.1) is 11.2 Å². The summed E-state index contributed by atoms with van der Waals surface area (Å²) in [6, 6.07) is 14.5. The molecule has 1 N–H and O–H groups in total. The molecule has 6 heteroatoms. The number of aryl methyl sites for hydroxylation is 1. The second-order valence-corrected chi connectivity index (χ2v) is 9.38. The van der Waals surface area contributed by atoms with E-state index in [9.17, 15) is 4.79 Å². The summed E-state index contributed by atoms with van der Waals surface area (Å²) in [6.45, 7) is 3.97. The molecule has 0 amide bonds. The zero-order valence-electron chi connectivity index (χ0n) is 19.3. The number of hydrogen-bond donors (Lipinski definition) is 1. The fourth-order valence-electron chi connectivity index (χ4n) is 3.96. The molecule has 5 nitrogen and oxygen atoms in total. The van der Waals surface area contributed by atoms with Crippen LogP contribution < -0.4 is 4.74 Å². The number of thiazole rings is 1. The molecule has 0 saturated heterocycles. The lowest BCUT2D eigenvalue weighted by molar-refractivity contribution is -0.118. The van der Waals surface area contributed by atoms with Crippen LogP contribution in [0.25, 0.3) is 10.8 Å². The summed E-state index contributed by atoms with van der Waals surface area (Å²) in [5, 5.41) is 2.36. The number of aromatic nitrogens is 3. The molecule has 2 aromatic carbocycles. The van der Waals surface area contributed by atoms with Crippen LogP contribution in [-0.4, -0.2) is 20.7 Å². The monoisotopic (exact) mass is 461 g/mol. The molecule has 172 valence electrons. The number of H-pyrrole nitrogens is 1. The lowest BCUT2D eigenvalue weighted by atomic mass is 10.1. The molecule has 0 aliphatic heterocycles. The molecule has 0 aliphatic rings. The molecule has 1 unspecified atom stereocenters. The van der Waals surface area contributed by atoms with Crippen LogP contribution in [0.5, 0.6) is 5.75 Å². The number of imidazole rings is 1. The molecule has 0 spiro atoms. The number of Topliss-reactive ketones (excluding diaryl/α,β-unsaturated/α-hetero) is 1. The third kappa shape index (κ3) is 6.29. The summed E-state index contributed by atoms with van der Waals surface area (Å²) in [7, 11) is 0. The van der Waals surface area contributed by atoms with Gasteiger partial charge >= 0.3 is 0 Å². The maximum absolute atomic E-state index is 11.6. The second-order valence-electron chi connectivity index (χ2n) is 8.44. The standard InChI is InChI=1S/C27H31N3O2S/c1-3-23(31)11-5-4-6-12-25(32-24-14-13-20-9-7-8-10-21(20)15-24)27-28-17-22(30-27)16-26-19(2)29-18-33-26/h7-10,13-15,17-18,25H,3-6,11-12,16H2,1-2H3,(H,28,30). The number of nitrogens with zero attached hydrogens (tertiary/aromatic N) is 2. The van der Waals surface area contributed by atoms with E-state index in [0.717, 1.165) is 60.5 Å². The highest BCUT2D eigenvalue weighted by atomic mass is 32.1. The Bertz CT molecular complexity index is 1200. The third-order valence-electron chi connectivity index (χ3n) is 5.96. The average Bonchev–Trinajstić information content (AvgIpc) is 3.47. The van der Waals surface area contributed by atoms with Crippen LogP contribution in [0.2, 0.25) is 0 Å². The molecule has 33 heavy (non-hydrogen) atoms. The molecule has 0 bridgehead atoms. The van der Waals surface area contributed by atoms with E-state index in [1.165, 1.54) is 10.3 Å². The van der Waals surface area contributed by atoms with Gasteiger partial charge in [-0.25, -0.2) is 9.97 Å². The number of nitrogens with one attached hydrogen (secondary N) is 1. The van der Waals surface area contributed by atoms with Crippen molar-refractivity contribution in [3.8, 4) is 5.75 Å². The smallest absolute Gasteiger partial charge is 0.156 e. The second kappa shape index (κ2) is 11.2. The van der Waals surface area contributed by atoms with Crippen molar-refractivity contribution in [2.24, 2.45) is 0 Å². The highest BCUT2D eigenvalue weighted by Crippen LogP contribution is 2.28. The summed E-state index contributed by atoms with van der Waals surface area (Å²) in [4.78, 5) is 25.4. The van der Waals surface area contributed by atoms with Gasteiger partial charge in [0.1, 0.15) is 17.4 Å². The van der Waals surface area contributed by atoms with Crippen LogP contribution in [0.15, 0.2) is 54.2 Å². The highest BCUT2D eigenvalue weighted by Gasteiger charge is 2.18. The first kappa shape index (κ1) is 23.2. The summed E-state index contributed by atoms with van der Waals surface area (Å²) >= 11 is 1.67. The molecule has 1 atom stereocenters. The number of ketones is 1. The van der Waals surface area contributed by atoms with E-state index in [2.05, 4.69) is 39.2 Å². The summed E-state index contributed by atoms with van der Waals surface area (Å²) < 4.78 is 6.46. The SMILES string of the molecule is CCC(=O)CCCCCC(Oc1ccc2ccccc2c1)c1ncc(Cc2scnc2C)[nH]1. The van der Waals surface area contributed by atoms with Gasteiger partial charge in [-0.2, -0.15) is 0 Å². The van der Waals surface area contributed by atoms with Crippen molar-refractivity contribution in [1.29, 1.82) is 0 Å². The number of fused-ring (bicyclic) bond motifs is 1. The Hall–Kier alpha value is -2.99. The van der Waals surface area contributed by atoms with Crippen LogP contribution in [0.4, 0.5) is 0 Å². The van der Waals surface area contributed by atoms with E-state index >= 15 is 0 Å². The maximum Gasteiger partial charge on any atom is 0.156 e. The molecule has 0 saturated carbocycles. The van der Waals surface area contributed by atoms with Gasteiger partial charge in [-0.3, -0.25) is 4.79 Å². The van der Waals surface area contributed by atoms with Gasteiger partial charge in [-0.15, -0.1) is 11.3 Å². The van der Waals surface area contributed by atoms with Gasteiger partial charge in [0.15, 0.2) is 6.10 Å². The summed E-state index contributed by atoms with van der Waals surface area (Å²) in [6.07, 6.45) is 7.62. The largest absolute Gasteiger partial charge is 0.483 e. The minimum Gasteiger partial charge on any atom is -0.483 e. The quantitative estimate of drug-likeness (QED) is 0.231. The topological polar surface area (TPSA) is 67.9 Å². The molecular weight excluding hydrogens is 430 g/mol. The molecule has 0 fully saturated rings. The number of aromatic amines is 1. The van der Waals surface area contributed by atoms with Crippen molar-refractivity contribution < 1.29 is 9.53 Å². The first-order valence-corrected chi connectivity index (χ1v) is 12.6. The number of hydrogen-bond acceptors (Lipinski definition) is 5. The highest BCUT2D eigenvalue weighted by molar-refractivity contribution is 7.09. The number of benzene rings is 2. The van der Waals surface area contributed by atoms with Crippen molar-refractivity contribution in [3.63, 3.8) is 0 Å². The molecule has 2 aromatic heterocycles. The molecule has 0 radical (unpaired) electrons. The Morgan fingerprint density at radius 3 is 2.73 bits per heavy atom. The number of rotatable bonds is 12. The first-order chi connectivity index (χ1) is 16.1. The predicted octanol–water partition coefficient (Wildman–Crippen LogP) is 6.97. The molecule has 0 aliphatic carbocycles. The van der Waals surface area contributed by atoms with E-state index < -0.39 is 0 Å². The Morgan fingerprint density at radius 2 is 1.94 bits per heavy atom. The Labute approximate surface area is 199 Å². The van der Waals surface area contributed by atoms with Crippen molar-refractivity contribution in [2.75, 3.05) is 0 Å². The summed E-state index contributed by atoms with van der Waals surface area (Å²) in [5.41, 5.74) is 4.02. The van der Waals surface area contributed by atoms with Gasteiger partial charge in [0.25, 0.3) is 0 Å². The van der Waals surface area contributed by atoms with Gasteiger partial charge in [-0.05, 0) is 49.1 Å². The van der Waals surface area contributed by atoms with Crippen LogP contribution in [0.3, 0.4) is 0 Å². The van der Waals surface area contributed by atoms with Gasteiger partial charge in [0.2, 0.25) is 0 Å². The van der Waals surface area contributed by atoms with Crippen molar-refractivity contribution in [1.82, 2.24) is 15.0 Å².